The summed E-state index contributed by atoms with van der Waals surface area (Å²) in [6, 6.07) is 2.08. The van der Waals surface area contributed by atoms with Gasteiger partial charge in [-0.1, -0.05) is 0 Å². The van der Waals surface area contributed by atoms with Gasteiger partial charge in [-0.2, -0.15) is 24.5 Å². The van der Waals surface area contributed by atoms with Crippen LogP contribution in [-0.4, -0.2) is 9.91 Å². The van der Waals surface area contributed by atoms with Gasteiger partial charge in [-0.25, -0.2) is 4.98 Å². The van der Waals surface area contributed by atoms with E-state index in [9.17, 15) is 23.3 Å². The number of aromatic nitrogens is 1. The highest BCUT2D eigenvalue weighted by Crippen LogP contribution is 2.34. The van der Waals surface area contributed by atoms with Gasteiger partial charge in [0.15, 0.2) is 0 Å². The minimum atomic E-state index is -4.66. The molecule has 2 heterocycles. The molecule has 2 aromatic rings. The van der Waals surface area contributed by atoms with Crippen molar-refractivity contribution in [2.24, 2.45) is 0 Å². The van der Waals surface area contributed by atoms with E-state index in [1.165, 1.54) is 11.3 Å². The Hall–Kier alpha value is -2.16. The number of hydrogen-bond donors (Lipinski definition) is 1. The SMILES string of the molecule is CC(Nc1cc(C(F)(F)F)ncc1[N+](=O)[O-])c1ccsc1. The smallest absolute Gasteiger partial charge is 0.373 e. The fourth-order valence-corrected chi connectivity index (χ4v) is 2.46. The largest absolute Gasteiger partial charge is 0.433 e. The topological polar surface area (TPSA) is 68.1 Å². The van der Waals surface area contributed by atoms with Gasteiger partial charge in [0.25, 0.3) is 0 Å². The fraction of sp³-hybridized carbons (Fsp3) is 0.250. The third-order valence-electron chi connectivity index (χ3n) is 2.79. The van der Waals surface area contributed by atoms with Crippen molar-refractivity contribution in [3.8, 4) is 0 Å². The van der Waals surface area contributed by atoms with E-state index in [1.807, 2.05) is 10.8 Å². The van der Waals surface area contributed by atoms with Gasteiger partial charge in [0.2, 0.25) is 0 Å². The molecule has 0 bridgehead atoms. The minimum Gasteiger partial charge on any atom is -0.373 e. The van der Waals surface area contributed by atoms with Crippen molar-refractivity contribution in [1.29, 1.82) is 0 Å². The van der Waals surface area contributed by atoms with Crippen LogP contribution in [0.25, 0.3) is 0 Å². The maximum absolute atomic E-state index is 12.7. The molecule has 0 amide bonds. The third-order valence-corrected chi connectivity index (χ3v) is 3.49. The average Bonchev–Trinajstić information content (AvgIpc) is 2.91. The highest BCUT2D eigenvalue weighted by molar-refractivity contribution is 7.07. The number of pyridine rings is 1. The second-order valence-electron chi connectivity index (χ2n) is 4.26. The van der Waals surface area contributed by atoms with Crippen molar-refractivity contribution in [2.45, 2.75) is 19.1 Å². The molecule has 0 aliphatic heterocycles. The molecule has 1 atom stereocenters. The molecular weight excluding hydrogens is 307 g/mol. The Labute approximate surface area is 121 Å². The first kappa shape index (κ1) is 15.2. The number of hydrogen-bond acceptors (Lipinski definition) is 5. The van der Waals surface area contributed by atoms with Crippen molar-refractivity contribution in [3.63, 3.8) is 0 Å². The first-order chi connectivity index (χ1) is 9.79. The standard InChI is InChI=1S/C12H10F3N3O2S/c1-7(8-2-3-21-6-8)17-9-4-11(12(13,14)15)16-5-10(9)18(19)20/h2-7H,1H3,(H,16,17). The Morgan fingerprint density at radius 3 is 2.71 bits per heavy atom. The average molecular weight is 317 g/mol. The zero-order valence-electron chi connectivity index (χ0n) is 10.7. The molecule has 0 saturated heterocycles. The Bertz CT molecular complexity index is 644. The molecule has 5 nitrogen and oxygen atoms in total. The van der Waals surface area contributed by atoms with Gasteiger partial charge in [-0.05, 0) is 35.4 Å². The number of rotatable bonds is 4. The normalized spacial score (nSPS) is 13.0. The summed E-state index contributed by atoms with van der Waals surface area (Å²) in [5.74, 6) is 0. The maximum atomic E-state index is 12.7. The van der Waals surface area contributed by atoms with Gasteiger partial charge in [0, 0.05) is 6.04 Å². The van der Waals surface area contributed by atoms with Crippen LogP contribution in [0.2, 0.25) is 0 Å². The van der Waals surface area contributed by atoms with Crippen molar-refractivity contribution >= 4 is 22.7 Å². The first-order valence-electron chi connectivity index (χ1n) is 5.79. The molecule has 0 aliphatic carbocycles. The van der Waals surface area contributed by atoms with Crippen LogP contribution in [-0.2, 0) is 6.18 Å². The van der Waals surface area contributed by atoms with Gasteiger partial charge >= 0.3 is 11.9 Å². The molecule has 2 rings (SSSR count). The van der Waals surface area contributed by atoms with E-state index in [2.05, 4.69) is 10.3 Å². The Kier molecular flexibility index (Phi) is 4.12. The van der Waals surface area contributed by atoms with E-state index in [-0.39, 0.29) is 11.7 Å². The number of nitrogens with one attached hydrogen (secondary N) is 1. The lowest BCUT2D eigenvalue weighted by molar-refractivity contribution is -0.384. The lowest BCUT2D eigenvalue weighted by Crippen LogP contribution is -2.12. The van der Waals surface area contributed by atoms with E-state index < -0.39 is 22.5 Å². The van der Waals surface area contributed by atoms with E-state index in [0.717, 1.165) is 5.56 Å². The Balaban J connectivity index is 2.37. The summed E-state index contributed by atoms with van der Waals surface area (Å²) in [4.78, 5) is 13.2. The van der Waals surface area contributed by atoms with Crippen LogP contribution in [0.4, 0.5) is 24.5 Å². The quantitative estimate of drug-likeness (QED) is 0.676. The van der Waals surface area contributed by atoms with Crippen LogP contribution in [0.3, 0.4) is 0 Å². The molecule has 0 spiro atoms. The number of anilines is 1. The second-order valence-corrected chi connectivity index (χ2v) is 5.04. The molecule has 9 heteroatoms. The van der Waals surface area contributed by atoms with Crippen LogP contribution in [0, 0.1) is 10.1 Å². The summed E-state index contributed by atoms with van der Waals surface area (Å²) in [7, 11) is 0. The van der Waals surface area contributed by atoms with E-state index in [4.69, 9.17) is 0 Å². The maximum Gasteiger partial charge on any atom is 0.433 e. The van der Waals surface area contributed by atoms with E-state index in [1.54, 1.807) is 13.0 Å². The van der Waals surface area contributed by atoms with Gasteiger partial charge in [-0.3, -0.25) is 10.1 Å². The monoisotopic (exact) mass is 317 g/mol. The second kappa shape index (κ2) is 5.68. The van der Waals surface area contributed by atoms with Crippen LogP contribution in [0.1, 0.15) is 24.2 Å². The Morgan fingerprint density at radius 2 is 2.19 bits per heavy atom. The van der Waals surface area contributed by atoms with Gasteiger partial charge < -0.3 is 5.32 Å². The zero-order valence-corrected chi connectivity index (χ0v) is 11.5. The fourth-order valence-electron chi connectivity index (χ4n) is 1.70. The van der Waals surface area contributed by atoms with Crippen LogP contribution in [0.5, 0.6) is 0 Å². The molecule has 0 aliphatic rings. The number of alkyl halides is 3. The first-order valence-corrected chi connectivity index (χ1v) is 6.73. The molecule has 2 aromatic heterocycles. The lowest BCUT2D eigenvalue weighted by atomic mass is 10.1. The number of halogens is 3. The summed E-state index contributed by atoms with van der Waals surface area (Å²) in [6.07, 6.45) is -4.04. The summed E-state index contributed by atoms with van der Waals surface area (Å²) in [6.45, 7) is 1.71. The van der Waals surface area contributed by atoms with Crippen molar-refractivity contribution in [3.05, 3.63) is 50.5 Å². The van der Waals surface area contributed by atoms with E-state index >= 15 is 0 Å². The molecule has 1 unspecified atom stereocenters. The molecule has 0 fully saturated rings. The summed E-state index contributed by atoms with van der Waals surface area (Å²) in [5, 5.41) is 17.3. The lowest BCUT2D eigenvalue weighted by Gasteiger charge is -2.15. The predicted molar refractivity (Wildman–Crippen MR) is 72.3 cm³/mol. The minimum absolute atomic E-state index is 0.207. The molecule has 112 valence electrons. The van der Waals surface area contributed by atoms with Crippen molar-refractivity contribution in [2.75, 3.05) is 5.32 Å². The summed E-state index contributed by atoms with van der Waals surface area (Å²) >= 11 is 1.43. The third kappa shape index (κ3) is 3.48. The highest BCUT2D eigenvalue weighted by Gasteiger charge is 2.34. The highest BCUT2D eigenvalue weighted by atomic mass is 32.1. The molecule has 0 radical (unpaired) electrons. The molecular formula is C12H10F3N3O2S. The number of nitrogens with zero attached hydrogens (tertiary/aromatic N) is 2. The van der Waals surface area contributed by atoms with Crippen LogP contribution >= 0.6 is 11.3 Å². The zero-order chi connectivity index (χ0) is 15.6. The molecule has 21 heavy (non-hydrogen) atoms. The Morgan fingerprint density at radius 1 is 1.48 bits per heavy atom. The van der Waals surface area contributed by atoms with Crippen molar-refractivity contribution < 1.29 is 18.1 Å². The number of nitro groups is 1. The van der Waals surface area contributed by atoms with Gasteiger partial charge in [0.1, 0.15) is 17.6 Å². The van der Waals surface area contributed by atoms with Crippen LogP contribution in [0.15, 0.2) is 29.1 Å². The van der Waals surface area contributed by atoms with Gasteiger partial charge in [0.05, 0.1) is 4.92 Å². The summed E-state index contributed by atoms with van der Waals surface area (Å²) in [5.41, 5.74) is -1.04. The van der Waals surface area contributed by atoms with E-state index in [0.29, 0.717) is 12.3 Å². The van der Waals surface area contributed by atoms with Gasteiger partial charge in [-0.15, -0.1) is 0 Å². The molecule has 1 N–H and O–H groups in total. The molecule has 0 aromatic carbocycles. The predicted octanol–water partition coefficient (Wildman–Crippen LogP) is 4.24. The summed E-state index contributed by atoms with van der Waals surface area (Å²) < 4.78 is 38.0. The van der Waals surface area contributed by atoms with Crippen molar-refractivity contribution in [1.82, 2.24) is 4.98 Å². The number of thiophene rings is 1. The van der Waals surface area contributed by atoms with Crippen LogP contribution < -0.4 is 5.32 Å². The molecule has 0 saturated carbocycles.